The number of fused-ring (bicyclic) bond motifs is 1. The summed E-state index contributed by atoms with van der Waals surface area (Å²) >= 11 is 0. The molecule has 0 amide bonds. The molecule has 5 rings (SSSR count). The summed E-state index contributed by atoms with van der Waals surface area (Å²) < 4.78 is 26.2. The summed E-state index contributed by atoms with van der Waals surface area (Å²) in [5.74, 6) is -0.330. The summed E-state index contributed by atoms with van der Waals surface area (Å²) in [6.07, 6.45) is 0.0793. The molecule has 36 heavy (non-hydrogen) atoms. The molecular weight excluding hydrogens is 459 g/mol. The molecule has 0 aliphatic carbocycles. The monoisotopic (exact) mass is 488 g/mol. The number of aliphatic carboxylic acids is 1. The molecule has 1 N–H and O–H groups in total. The first-order chi connectivity index (χ1) is 17.0. The minimum atomic E-state index is -1.23. The quantitative estimate of drug-likeness (QED) is 0.338. The number of rotatable bonds is 5. The minimum absolute atomic E-state index is 0.324. The average molecular weight is 489 g/mol. The van der Waals surface area contributed by atoms with Crippen LogP contribution in [0.15, 0.2) is 42.6 Å². The molecule has 6 nitrogen and oxygen atoms in total. The zero-order valence-corrected chi connectivity index (χ0v) is 21.1. The highest BCUT2D eigenvalue weighted by atomic mass is 19.1. The second-order valence-corrected chi connectivity index (χ2v) is 10.3. The molecule has 2 aromatic carbocycles. The van der Waals surface area contributed by atoms with Gasteiger partial charge in [0.2, 0.25) is 0 Å². The number of alkyl halides is 1. The zero-order chi connectivity index (χ0) is 25.8. The number of benzene rings is 2. The number of carboxylic acid groups (broad SMARTS) is 1. The fourth-order valence-electron chi connectivity index (χ4n) is 4.98. The van der Waals surface area contributed by atoms with Crippen molar-refractivity contribution in [3.8, 4) is 16.9 Å². The number of aryl methyl sites for hydroxylation is 1. The maximum absolute atomic E-state index is 14.1. The van der Waals surface area contributed by atoms with E-state index in [-0.39, 0.29) is 0 Å². The highest BCUT2D eigenvalue weighted by Crippen LogP contribution is 2.45. The van der Waals surface area contributed by atoms with Crippen molar-refractivity contribution >= 4 is 27.8 Å². The maximum atomic E-state index is 14.1. The first kappa shape index (κ1) is 24.1. The highest BCUT2D eigenvalue weighted by Gasteiger charge is 2.33. The molecule has 186 valence electrons. The van der Waals surface area contributed by atoms with Gasteiger partial charge in [-0.25, -0.2) is 14.2 Å². The average Bonchev–Trinajstić information content (AvgIpc) is 2.81. The number of halogens is 1. The second-order valence-electron chi connectivity index (χ2n) is 10.3. The number of carbonyl (C=O) groups is 1. The number of hydrogen-bond acceptors (Lipinski definition) is 5. The predicted octanol–water partition coefficient (Wildman–Crippen LogP) is 6.66. The Bertz CT molecular complexity index is 1500. The van der Waals surface area contributed by atoms with E-state index in [2.05, 4.69) is 4.98 Å². The van der Waals surface area contributed by atoms with Crippen LogP contribution < -0.4 is 4.74 Å². The summed E-state index contributed by atoms with van der Waals surface area (Å²) in [7, 11) is 0. The molecule has 2 aromatic heterocycles. The van der Waals surface area contributed by atoms with Crippen LogP contribution in [0.1, 0.15) is 62.4 Å². The summed E-state index contributed by atoms with van der Waals surface area (Å²) in [5, 5.41) is 11.9. The Labute approximate surface area is 209 Å². The van der Waals surface area contributed by atoms with E-state index in [1.165, 1.54) is 6.92 Å². The van der Waals surface area contributed by atoms with E-state index in [1.807, 2.05) is 58.0 Å². The van der Waals surface area contributed by atoms with Crippen molar-refractivity contribution in [3.63, 3.8) is 0 Å². The standard InChI is InChI=1S/C29H29FN2O4/c1-15-14-21-18(6-8-20(32-21)16(2)30)25(23(15)27(28(33)34)36-29(3,4)5)19-7-9-22-24-17(11-13-35-22)10-12-31-26(19)24/h6-10,12,14,16,27H,11,13H2,1-5H3,(H,33,34). The van der Waals surface area contributed by atoms with Gasteiger partial charge >= 0.3 is 5.97 Å². The largest absolute Gasteiger partial charge is 0.493 e. The lowest BCUT2D eigenvalue weighted by Crippen LogP contribution is -2.28. The minimum Gasteiger partial charge on any atom is -0.493 e. The van der Waals surface area contributed by atoms with Gasteiger partial charge < -0.3 is 14.6 Å². The Balaban J connectivity index is 1.91. The molecular formula is C29H29FN2O4. The van der Waals surface area contributed by atoms with Crippen molar-refractivity contribution in [2.24, 2.45) is 0 Å². The van der Waals surface area contributed by atoms with Gasteiger partial charge in [-0.05, 0) is 81.6 Å². The van der Waals surface area contributed by atoms with Crippen LogP contribution in [0.2, 0.25) is 0 Å². The topological polar surface area (TPSA) is 81.5 Å². The molecule has 2 atom stereocenters. The fourth-order valence-corrected chi connectivity index (χ4v) is 4.98. The Hall–Kier alpha value is -3.58. The van der Waals surface area contributed by atoms with E-state index in [4.69, 9.17) is 14.5 Å². The SMILES string of the molecule is Cc1cc2nc(C(C)F)ccc2c(-c2ccc3c4c(ccnc24)CCO3)c1C(OC(C)(C)C)C(=O)O. The summed E-state index contributed by atoms with van der Waals surface area (Å²) in [6.45, 7) is 9.38. The van der Waals surface area contributed by atoms with Crippen molar-refractivity contribution in [1.29, 1.82) is 0 Å². The van der Waals surface area contributed by atoms with Crippen molar-refractivity contribution < 1.29 is 23.8 Å². The van der Waals surface area contributed by atoms with Gasteiger partial charge in [-0.1, -0.05) is 6.07 Å². The molecule has 1 aliphatic heterocycles. The number of hydrogen-bond donors (Lipinski definition) is 1. The Morgan fingerprint density at radius 1 is 1.19 bits per heavy atom. The molecule has 0 bridgehead atoms. The van der Waals surface area contributed by atoms with Crippen molar-refractivity contribution in [2.45, 2.75) is 58.9 Å². The Morgan fingerprint density at radius 3 is 2.67 bits per heavy atom. The molecule has 2 unspecified atom stereocenters. The normalized spacial score (nSPS) is 15.1. The molecule has 0 fully saturated rings. The van der Waals surface area contributed by atoms with Crippen molar-refractivity contribution in [3.05, 3.63) is 65.0 Å². The van der Waals surface area contributed by atoms with Crippen LogP contribution in [0.25, 0.3) is 32.9 Å². The van der Waals surface area contributed by atoms with Gasteiger partial charge in [-0.2, -0.15) is 0 Å². The lowest BCUT2D eigenvalue weighted by atomic mass is 9.86. The van der Waals surface area contributed by atoms with E-state index in [0.29, 0.717) is 39.9 Å². The van der Waals surface area contributed by atoms with Crippen LogP contribution in [0.5, 0.6) is 5.75 Å². The number of aromatic nitrogens is 2. The van der Waals surface area contributed by atoms with E-state index < -0.39 is 23.8 Å². The van der Waals surface area contributed by atoms with Gasteiger partial charge in [0.1, 0.15) is 11.9 Å². The van der Waals surface area contributed by atoms with E-state index in [0.717, 1.165) is 34.2 Å². The van der Waals surface area contributed by atoms with Gasteiger partial charge in [-0.15, -0.1) is 0 Å². The third-order valence-electron chi connectivity index (χ3n) is 6.47. The Morgan fingerprint density at radius 2 is 1.97 bits per heavy atom. The maximum Gasteiger partial charge on any atom is 0.337 e. The molecule has 0 saturated carbocycles. The molecule has 7 heteroatoms. The number of ether oxygens (including phenoxy) is 2. The second kappa shape index (κ2) is 8.82. The third-order valence-corrected chi connectivity index (χ3v) is 6.47. The van der Waals surface area contributed by atoms with E-state index in [1.54, 1.807) is 12.3 Å². The first-order valence-corrected chi connectivity index (χ1v) is 12.1. The van der Waals surface area contributed by atoms with Gasteiger partial charge in [0.15, 0.2) is 6.10 Å². The van der Waals surface area contributed by atoms with Crippen molar-refractivity contribution in [1.82, 2.24) is 9.97 Å². The molecule has 3 heterocycles. The molecule has 0 radical (unpaired) electrons. The Kier molecular flexibility index (Phi) is 5.91. The van der Waals surface area contributed by atoms with Gasteiger partial charge in [0.25, 0.3) is 0 Å². The van der Waals surface area contributed by atoms with Crippen LogP contribution in [0.4, 0.5) is 4.39 Å². The number of pyridine rings is 2. The van der Waals surface area contributed by atoms with E-state index in [9.17, 15) is 14.3 Å². The van der Waals surface area contributed by atoms with Crippen LogP contribution in [0.3, 0.4) is 0 Å². The lowest BCUT2D eigenvalue weighted by Gasteiger charge is -2.29. The van der Waals surface area contributed by atoms with Gasteiger partial charge in [0, 0.05) is 34.5 Å². The lowest BCUT2D eigenvalue weighted by molar-refractivity contribution is -0.160. The first-order valence-electron chi connectivity index (χ1n) is 12.1. The third kappa shape index (κ3) is 4.17. The summed E-state index contributed by atoms with van der Waals surface area (Å²) in [4.78, 5) is 21.9. The van der Waals surface area contributed by atoms with Crippen LogP contribution in [0, 0.1) is 6.92 Å². The van der Waals surface area contributed by atoms with Crippen LogP contribution >= 0.6 is 0 Å². The smallest absolute Gasteiger partial charge is 0.337 e. The number of nitrogens with zero attached hydrogens (tertiary/aromatic N) is 2. The van der Waals surface area contributed by atoms with Gasteiger partial charge in [0.05, 0.1) is 28.9 Å². The van der Waals surface area contributed by atoms with Gasteiger partial charge in [-0.3, -0.25) is 4.98 Å². The van der Waals surface area contributed by atoms with E-state index >= 15 is 0 Å². The molecule has 0 saturated heterocycles. The zero-order valence-electron chi connectivity index (χ0n) is 21.1. The fraction of sp³-hybridized carbons (Fsp3) is 0.345. The van der Waals surface area contributed by atoms with Crippen molar-refractivity contribution in [2.75, 3.05) is 6.61 Å². The van der Waals surface area contributed by atoms with Crippen LogP contribution in [-0.2, 0) is 16.0 Å². The highest BCUT2D eigenvalue weighted by molar-refractivity contribution is 6.08. The molecule has 0 spiro atoms. The number of carboxylic acids is 1. The molecule has 4 aromatic rings. The summed E-state index contributed by atoms with van der Waals surface area (Å²) in [5.41, 5.74) is 4.73. The molecule has 1 aliphatic rings. The predicted molar refractivity (Wildman–Crippen MR) is 137 cm³/mol. The summed E-state index contributed by atoms with van der Waals surface area (Å²) in [6, 6.07) is 11.1. The van der Waals surface area contributed by atoms with Crippen LogP contribution in [-0.4, -0.2) is 33.3 Å².